The van der Waals surface area contributed by atoms with Crippen molar-refractivity contribution in [2.45, 2.75) is 57.2 Å². The van der Waals surface area contributed by atoms with Crippen molar-refractivity contribution in [1.82, 2.24) is 25.2 Å². The predicted molar refractivity (Wildman–Crippen MR) is 110 cm³/mol. The van der Waals surface area contributed by atoms with Crippen molar-refractivity contribution >= 4 is 23.4 Å². The molecule has 0 aromatic carbocycles. The molecule has 2 unspecified atom stereocenters. The SMILES string of the molecule is CCNC(=NCCc1nnc2ccccn12)NC1CCCC(SCC)C1. The minimum absolute atomic E-state index is 0.527. The molecule has 0 spiro atoms. The zero-order chi connectivity index (χ0) is 18.2. The van der Waals surface area contributed by atoms with E-state index in [1.165, 1.54) is 31.4 Å². The van der Waals surface area contributed by atoms with E-state index in [-0.39, 0.29) is 0 Å². The van der Waals surface area contributed by atoms with Crippen LogP contribution in [-0.2, 0) is 6.42 Å². The number of pyridine rings is 1. The van der Waals surface area contributed by atoms with Crippen molar-refractivity contribution in [3.63, 3.8) is 0 Å². The Morgan fingerprint density at radius 3 is 3.08 bits per heavy atom. The Balaban J connectivity index is 1.56. The molecule has 1 saturated carbocycles. The monoisotopic (exact) mass is 374 g/mol. The van der Waals surface area contributed by atoms with Crippen LogP contribution in [0.5, 0.6) is 0 Å². The first-order valence-electron chi connectivity index (χ1n) is 9.75. The highest BCUT2D eigenvalue weighted by molar-refractivity contribution is 7.99. The Morgan fingerprint density at radius 1 is 1.31 bits per heavy atom. The molecule has 142 valence electrons. The minimum atomic E-state index is 0.527. The van der Waals surface area contributed by atoms with Crippen LogP contribution in [-0.4, -0.2) is 50.7 Å². The third kappa shape index (κ3) is 5.13. The molecule has 2 atom stereocenters. The number of rotatable bonds is 7. The molecule has 0 radical (unpaired) electrons. The molecule has 6 nitrogen and oxygen atoms in total. The largest absolute Gasteiger partial charge is 0.357 e. The number of nitrogens with zero attached hydrogens (tertiary/aromatic N) is 4. The smallest absolute Gasteiger partial charge is 0.191 e. The summed E-state index contributed by atoms with van der Waals surface area (Å²) in [6, 6.07) is 6.48. The van der Waals surface area contributed by atoms with E-state index in [2.05, 4.69) is 46.4 Å². The maximum atomic E-state index is 4.77. The lowest BCUT2D eigenvalue weighted by molar-refractivity contribution is 0.419. The molecular formula is C19H30N6S. The van der Waals surface area contributed by atoms with Gasteiger partial charge < -0.3 is 10.6 Å². The van der Waals surface area contributed by atoms with Gasteiger partial charge in [-0.05, 0) is 44.1 Å². The van der Waals surface area contributed by atoms with Gasteiger partial charge in [-0.3, -0.25) is 9.39 Å². The summed E-state index contributed by atoms with van der Waals surface area (Å²) in [5.74, 6) is 3.09. The van der Waals surface area contributed by atoms with Crippen LogP contribution in [0.3, 0.4) is 0 Å². The summed E-state index contributed by atoms with van der Waals surface area (Å²) in [6.45, 7) is 5.94. The lowest BCUT2D eigenvalue weighted by Crippen LogP contribution is -2.45. The van der Waals surface area contributed by atoms with E-state index in [0.29, 0.717) is 12.6 Å². The number of guanidine groups is 1. The van der Waals surface area contributed by atoms with Crippen LogP contribution in [0.15, 0.2) is 29.4 Å². The maximum absolute atomic E-state index is 4.77. The molecule has 2 aromatic rings. The van der Waals surface area contributed by atoms with Crippen LogP contribution in [0.2, 0.25) is 0 Å². The van der Waals surface area contributed by atoms with E-state index in [4.69, 9.17) is 4.99 Å². The quantitative estimate of drug-likeness (QED) is 0.576. The first-order chi connectivity index (χ1) is 12.8. The summed E-state index contributed by atoms with van der Waals surface area (Å²) in [6.07, 6.45) is 7.91. The molecule has 3 rings (SSSR count). The second kappa shape index (κ2) is 9.80. The number of thioether (sulfide) groups is 1. The van der Waals surface area contributed by atoms with Gasteiger partial charge in [0.05, 0.1) is 0 Å². The van der Waals surface area contributed by atoms with Gasteiger partial charge in [-0.2, -0.15) is 11.8 Å². The topological polar surface area (TPSA) is 66.6 Å². The van der Waals surface area contributed by atoms with Gasteiger partial charge in [0.25, 0.3) is 0 Å². The summed E-state index contributed by atoms with van der Waals surface area (Å²) in [5, 5.41) is 16.3. The lowest BCUT2D eigenvalue weighted by atomic mass is 9.95. The van der Waals surface area contributed by atoms with Gasteiger partial charge in [0, 0.05) is 37.0 Å². The lowest BCUT2D eigenvalue weighted by Gasteiger charge is -2.30. The van der Waals surface area contributed by atoms with Crippen molar-refractivity contribution in [2.75, 3.05) is 18.8 Å². The van der Waals surface area contributed by atoms with Crippen LogP contribution in [0.25, 0.3) is 5.65 Å². The van der Waals surface area contributed by atoms with E-state index < -0.39 is 0 Å². The fraction of sp³-hybridized carbons (Fsp3) is 0.632. The number of fused-ring (bicyclic) bond motifs is 1. The second-order valence-electron chi connectivity index (χ2n) is 6.64. The normalized spacial score (nSPS) is 21.1. The number of hydrogen-bond donors (Lipinski definition) is 2. The van der Waals surface area contributed by atoms with Crippen molar-refractivity contribution in [1.29, 1.82) is 0 Å². The first-order valence-corrected chi connectivity index (χ1v) is 10.8. The molecule has 0 amide bonds. The maximum Gasteiger partial charge on any atom is 0.191 e. The molecule has 26 heavy (non-hydrogen) atoms. The first kappa shape index (κ1) is 19.0. The van der Waals surface area contributed by atoms with Crippen molar-refractivity contribution in [2.24, 2.45) is 4.99 Å². The molecular weight excluding hydrogens is 344 g/mol. The molecule has 2 aromatic heterocycles. The highest BCUT2D eigenvalue weighted by Gasteiger charge is 2.22. The number of nitrogens with one attached hydrogen (secondary N) is 2. The second-order valence-corrected chi connectivity index (χ2v) is 8.22. The number of aromatic nitrogens is 3. The van der Waals surface area contributed by atoms with Crippen LogP contribution in [0.4, 0.5) is 0 Å². The summed E-state index contributed by atoms with van der Waals surface area (Å²) in [4.78, 5) is 4.77. The Bertz CT molecular complexity index is 711. The Morgan fingerprint density at radius 2 is 2.23 bits per heavy atom. The van der Waals surface area contributed by atoms with Crippen LogP contribution < -0.4 is 10.6 Å². The van der Waals surface area contributed by atoms with E-state index >= 15 is 0 Å². The summed E-state index contributed by atoms with van der Waals surface area (Å²) >= 11 is 2.10. The van der Waals surface area contributed by atoms with Crippen molar-refractivity contribution < 1.29 is 0 Å². The summed E-state index contributed by atoms with van der Waals surface area (Å²) in [7, 11) is 0. The fourth-order valence-corrected chi connectivity index (χ4v) is 4.68. The highest BCUT2D eigenvalue weighted by Crippen LogP contribution is 2.28. The Labute approximate surface area is 160 Å². The van der Waals surface area contributed by atoms with E-state index in [9.17, 15) is 0 Å². The van der Waals surface area contributed by atoms with Gasteiger partial charge in [-0.25, -0.2) is 0 Å². The van der Waals surface area contributed by atoms with E-state index in [1.807, 2.05) is 28.8 Å². The van der Waals surface area contributed by atoms with Gasteiger partial charge in [0.15, 0.2) is 11.6 Å². The van der Waals surface area contributed by atoms with E-state index in [0.717, 1.165) is 35.6 Å². The third-order valence-corrected chi connectivity index (χ3v) is 5.94. The zero-order valence-electron chi connectivity index (χ0n) is 15.8. The Kier molecular flexibility index (Phi) is 7.17. The average Bonchev–Trinajstić information content (AvgIpc) is 3.06. The van der Waals surface area contributed by atoms with E-state index in [1.54, 1.807) is 0 Å². The van der Waals surface area contributed by atoms with Gasteiger partial charge in [-0.1, -0.05) is 19.4 Å². The molecule has 1 aliphatic carbocycles. The average molecular weight is 375 g/mol. The molecule has 7 heteroatoms. The van der Waals surface area contributed by atoms with Gasteiger partial charge >= 0.3 is 0 Å². The summed E-state index contributed by atoms with van der Waals surface area (Å²) < 4.78 is 2.03. The van der Waals surface area contributed by atoms with Crippen LogP contribution >= 0.6 is 11.8 Å². The molecule has 1 fully saturated rings. The molecule has 0 aliphatic heterocycles. The predicted octanol–water partition coefficient (Wildman–Crippen LogP) is 2.89. The van der Waals surface area contributed by atoms with Crippen molar-refractivity contribution in [3.8, 4) is 0 Å². The van der Waals surface area contributed by atoms with Crippen LogP contribution in [0, 0.1) is 0 Å². The molecule has 1 aliphatic rings. The molecule has 0 bridgehead atoms. The highest BCUT2D eigenvalue weighted by atomic mass is 32.2. The number of aliphatic imine (C=N–C) groups is 1. The standard InChI is InChI=1S/C19H30N6S/c1-3-20-19(22-15-8-7-9-16(14-15)26-4-2)21-12-11-18-24-23-17-10-5-6-13-25(17)18/h5-6,10,13,15-16H,3-4,7-9,11-12,14H2,1-2H3,(H2,20,21,22). The van der Waals surface area contributed by atoms with Gasteiger partial charge in [-0.15, -0.1) is 10.2 Å². The molecule has 2 heterocycles. The number of hydrogen-bond acceptors (Lipinski definition) is 4. The Hall–Kier alpha value is -1.76. The minimum Gasteiger partial charge on any atom is -0.357 e. The summed E-state index contributed by atoms with van der Waals surface area (Å²) in [5.41, 5.74) is 0.887. The molecule has 0 saturated heterocycles. The van der Waals surface area contributed by atoms with Gasteiger partial charge in [0.2, 0.25) is 0 Å². The van der Waals surface area contributed by atoms with Gasteiger partial charge in [0.1, 0.15) is 5.82 Å². The fourth-order valence-electron chi connectivity index (χ4n) is 3.51. The molecule has 2 N–H and O–H groups in total. The zero-order valence-corrected chi connectivity index (χ0v) is 16.6. The van der Waals surface area contributed by atoms with Crippen LogP contribution in [0.1, 0.15) is 45.4 Å². The third-order valence-electron chi connectivity index (χ3n) is 4.70. The van der Waals surface area contributed by atoms with Crippen molar-refractivity contribution in [3.05, 3.63) is 30.2 Å².